The number of aromatic amines is 1. The number of carbonyl (C=O) groups excluding carboxylic acids is 1. The van der Waals surface area contributed by atoms with Gasteiger partial charge in [-0.15, -0.1) is 0 Å². The third-order valence-corrected chi connectivity index (χ3v) is 4.87. The summed E-state index contributed by atoms with van der Waals surface area (Å²) in [5.74, 6) is 0. The van der Waals surface area contributed by atoms with Gasteiger partial charge >= 0.3 is 6.03 Å². The molecule has 3 rings (SSSR count). The minimum Gasteiger partial charge on any atom is -0.373 e. The van der Waals surface area contributed by atoms with Gasteiger partial charge < -0.3 is 19.9 Å². The van der Waals surface area contributed by atoms with E-state index in [9.17, 15) is 4.79 Å². The van der Waals surface area contributed by atoms with Crippen molar-refractivity contribution in [2.45, 2.75) is 44.4 Å². The molecule has 2 amide bonds. The molecule has 3 heterocycles. The summed E-state index contributed by atoms with van der Waals surface area (Å²) in [6.07, 6.45) is 6.95. The number of likely N-dealkylation sites (tertiary alicyclic amines) is 1. The lowest BCUT2D eigenvalue weighted by Crippen LogP contribution is -2.54. The number of hydrogen-bond acceptors (Lipinski definition) is 4. The predicted octanol–water partition coefficient (Wildman–Crippen LogP) is 1.37. The molecule has 3 unspecified atom stereocenters. The smallest absolute Gasteiger partial charge is 0.318 e. The topological polar surface area (TPSA) is 73.5 Å². The molecule has 0 radical (unpaired) electrons. The zero-order chi connectivity index (χ0) is 16.2. The Hall–Kier alpha value is -1.60. The van der Waals surface area contributed by atoms with Crippen LogP contribution in [-0.2, 0) is 4.74 Å². The van der Waals surface area contributed by atoms with E-state index in [1.165, 1.54) is 0 Å². The Morgan fingerprint density at radius 1 is 1.48 bits per heavy atom. The largest absolute Gasteiger partial charge is 0.373 e. The lowest BCUT2D eigenvalue weighted by Gasteiger charge is -2.38. The molecule has 2 aliphatic heterocycles. The lowest BCUT2D eigenvalue weighted by atomic mass is 9.98. The maximum absolute atomic E-state index is 12.8. The molecule has 23 heavy (non-hydrogen) atoms. The number of morpholine rings is 1. The third kappa shape index (κ3) is 3.84. The second-order valence-corrected chi connectivity index (χ2v) is 6.65. The average molecular weight is 321 g/mol. The van der Waals surface area contributed by atoms with E-state index in [0.29, 0.717) is 0 Å². The van der Waals surface area contributed by atoms with Crippen molar-refractivity contribution in [1.29, 1.82) is 0 Å². The molecule has 1 aromatic heterocycles. The van der Waals surface area contributed by atoms with E-state index in [4.69, 9.17) is 4.74 Å². The highest BCUT2D eigenvalue weighted by Crippen LogP contribution is 2.30. The normalized spacial score (nSPS) is 27.7. The molecule has 1 aromatic rings. The molecule has 0 aromatic carbocycles. The number of H-pyrrole nitrogens is 1. The Morgan fingerprint density at radius 3 is 3.09 bits per heavy atom. The standard InChI is InChI=1S/C16H27N5O2/c1-12(15-11-20(2)7-8-23-15)19-16(22)21-6-4-3-5-14(21)13-9-17-18-10-13/h9-10,12,14-15H,3-8,11H2,1-2H3,(H,17,18)(H,19,22). The Balaban J connectivity index is 1.61. The first-order valence-electron chi connectivity index (χ1n) is 8.51. The molecule has 128 valence electrons. The third-order valence-electron chi connectivity index (χ3n) is 4.87. The van der Waals surface area contributed by atoms with Gasteiger partial charge in [0.05, 0.1) is 31.0 Å². The van der Waals surface area contributed by atoms with Crippen LogP contribution in [-0.4, -0.2) is 71.5 Å². The first-order valence-corrected chi connectivity index (χ1v) is 8.51. The van der Waals surface area contributed by atoms with Gasteiger partial charge in [-0.05, 0) is 33.2 Å². The molecule has 0 saturated carbocycles. The van der Waals surface area contributed by atoms with Crippen LogP contribution in [0.4, 0.5) is 4.79 Å². The lowest BCUT2D eigenvalue weighted by molar-refractivity contribution is -0.0343. The van der Waals surface area contributed by atoms with Crippen molar-refractivity contribution in [2.24, 2.45) is 0 Å². The summed E-state index contributed by atoms with van der Waals surface area (Å²) in [7, 11) is 2.09. The molecule has 2 aliphatic rings. The second kappa shape index (κ2) is 7.31. The molecule has 2 saturated heterocycles. The SMILES string of the molecule is CC(NC(=O)N1CCCCC1c1cn[nH]c1)C1CN(C)CCO1. The number of rotatable bonds is 3. The first-order chi connectivity index (χ1) is 11.1. The zero-order valence-electron chi connectivity index (χ0n) is 14.0. The van der Waals surface area contributed by atoms with Gasteiger partial charge in [0, 0.05) is 31.4 Å². The summed E-state index contributed by atoms with van der Waals surface area (Å²) in [5, 5.41) is 10.0. The summed E-state index contributed by atoms with van der Waals surface area (Å²) < 4.78 is 5.81. The summed E-state index contributed by atoms with van der Waals surface area (Å²) in [6.45, 7) is 5.35. The maximum Gasteiger partial charge on any atom is 0.318 e. The van der Waals surface area contributed by atoms with Crippen LogP contribution < -0.4 is 5.32 Å². The van der Waals surface area contributed by atoms with Crippen LogP contribution in [0.25, 0.3) is 0 Å². The fourth-order valence-electron chi connectivity index (χ4n) is 3.45. The van der Waals surface area contributed by atoms with Crippen LogP contribution >= 0.6 is 0 Å². The fraction of sp³-hybridized carbons (Fsp3) is 0.750. The highest BCUT2D eigenvalue weighted by atomic mass is 16.5. The van der Waals surface area contributed by atoms with Crippen molar-refractivity contribution in [1.82, 2.24) is 25.3 Å². The van der Waals surface area contributed by atoms with Crippen molar-refractivity contribution in [3.05, 3.63) is 18.0 Å². The van der Waals surface area contributed by atoms with Crippen molar-refractivity contribution < 1.29 is 9.53 Å². The average Bonchev–Trinajstić information content (AvgIpc) is 3.09. The molecule has 7 heteroatoms. The van der Waals surface area contributed by atoms with Crippen molar-refractivity contribution in [3.8, 4) is 0 Å². The van der Waals surface area contributed by atoms with Gasteiger partial charge in [0.1, 0.15) is 0 Å². The van der Waals surface area contributed by atoms with E-state index in [2.05, 4.69) is 27.5 Å². The van der Waals surface area contributed by atoms with E-state index in [1.54, 1.807) is 0 Å². The number of urea groups is 1. The van der Waals surface area contributed by atoms with Crippen molar-refractivity contribution >= 4 is 6.03 Å². The van der Waals surface area contributed by atoms with E-state index in [-0.39, 0.29) is 24.2 Å². The van der Waals surface area contributed by atoms with Crippen LogP contribution in [0.5, 0.6) is 0 Å². The van der Waals surface area contributed by atoms with Gasteiger partial charge in [-0.25, -0.2) is 4.79 Å². The van der Waals surface area contributed by atoms with E-state index in [0.717, 1.165) is 51.1 Å². The van der Waals surface area contributed by atoms with Gasteiger partial charge in [-0.2, -0.15) is 5.10 Å². The Labute approximate surface area is 137 Å². The van der Waals surface area contributed by atoms with Gasteiger partial charge in [0.2, 0.25) is 0 Å². The van der Waals surface area contributed by atoms with Gasteiger partial charge in [-0.1, -0.05) is 0 Å². The fourth-order valence-corrected chi connectivity index (χ4v) is 3.45. The molecule has 2 fully saturated rings. The van der Waals surface area contributed by atoms with Crippen LogP contribution in [0.15, 0.2) is 12.4 Å². The van der Waals surface area contributed by atoms with Crippen LogP contribution in [0.1, 0.15) is 37.8 Å². The number of hydrogen-bond donors (Lipinski definition) is 2. The molecule has 0 aliphatic carbocycles. The van der Waals surface area contributed by atoms with Gasteiger partial charge in [0.15, 0.2) is 0 Å². The van der Waals surface area contributed by atoms with Crippen LogP contribution in [0, 0.1) is 0 Å². The molecular formula is C16H27N5O2. The number of likely N-dealkylation sites (N-methyl/N-ethyl adjacent to an activating group) is 1. The zero-order valence-corrected chi connectivity index (χ0v) is 14.0. The van der Waals surface area contributed by atoms with Crippen molar-refractivity contribution in [2.75, 3.05) is 33.3 Å². The summed E-state index contributed by atoms with van der Waals surface area (Å²) >= 11 is 0. The van der Waals surface area contributed by atoms with E-state index in [1.807, 2.05) is 24.2 Å². The molecule has 7 nitrogen and oxygen atoms in total. The second-order valence-electron chi connectivity index (χ2n) is 6.65. The molecule has 2 N–H and O–H groups in total. The van der Waals surface area contributed by atoms with Gasteiger partial charge in [-0.3, -0.25) is 5.10 Å². The van der Waals surface area contributed by atoms with Crippen molar-refractivity contribution in [3.63, 3.8) is 0 Å². The predicted molar refractivity (Wildman–Crippen MR) is 87.1 cm³/mol. The monoisotopic (exact) mass is 321 g/mol. The Bertz CT molecular complexity index is 507. The number of nitrogens with one attached hydrogen (secondary N) is 2. The number of piperidine rings is 1. The quantitative estimate of drug-likeness (QED) is 0.882. The molecular weight excluding hydrogens is 294 g/mol. The highest BCUT2D eigenvalue weighted by Gasteiger charge is 2.31. The minimum atomic E-state index is -0.00261. The van der Waals surface area contributed by atoms with E-state index < -0.39 is 0 Å². The minimum absolute atomic E-state index is 0.000210. The van der Waals surface area contributed by atoms with Gasteiger partial charge in [0.25, 0.3) is 0 Å². The molecule has 0 spiro atoms. The highest BCUT2D eigenvalue weighted by molar-refractivity contribution is 5.75. The maximum atomic E-state index is 12.8. The molecule has 3 atom stereocenters. The van der Waals surface area contributed by atoms with Crippen LogP contribution in [0.2, 0.25) is 0 Å². The number of amides is 2. The summed E-state index contributed by atoms with van der Waals surface area (Å²) in [4.78, 5) is 16.9. The molecule has 0 bridgehead atoms. The summed E-state index contributed by atoms with van der Waals surface area (Å²) in [6, 6.07) is 0.113. The number of aromatic nitrogens is 2. The Morgan fingerprint density at radius 2 is 2.35 bits per heavy atom. The Kier molecular flexibility index (Phi) is 5.17. The number of ether oxygens (including phenoxy) is 1. The number of carbonyl (C=O) groups is 1. The van der Waals surface area contributed by atoms with E-state index >= 15 is 0 Å². The summed E-state index contributed by atoms with van der Waals surface area (Å²) in [5.41, 5.74) is 1.08. The van der Waals surface area contributed by atoms with Crippen LogP contribution in [0.3, 0.4) is 0 Å². The number of nitrogens with zero attached hydrogens (tertiary/aromatic N) is 3. The first kappa shape index (κ1) is 16.3.